The zero-order valence-electron chi connectivity index (χ0n) is 25.7. The number of benzene rings is 3. The van der Waals surface area contributed by atoms with Crippen LogP contribution in [-0.4, -0.2) is 68.5 Å². The molecule has 0 unspecified atom stereocenters. The molecular weight excluding hydrogens is 590 g/mol. The number of ether oxygens (including phenoxy) is 2. The van der Waals surface area contributed by atoms with Crippen LogP contribution in [0.1, 0.15) is 65.1 Å². The summed E-state index contributed by atoms with van der Waals surface area (Å²) in [6.45, 7) is 1.23. The fraction of sp³-hybridized carbons (Fsp3) is 0.371. The standard InChI is InChI=1S/C35H39N3O6.H2S/c1-43-30-15-9-7-13-28(30)32(40)37-25-18-22-38(23-19-25)33(41)27-16-20-35(24-10-4-3-5-11-24,29-14-8-6-12-26(27)29)34(42)36-21-17-31(39)44-2;/h3-15,25,27H,16-23H2,1-2H3,(H,36,42)(H,37,40);1H2/t27-,35+;/m0./s1. The highest BCUT2D eigenvalue weighted by atomic mass is 32.1. The second-order valence-corrected chi connectivity index (χ2v) is 11.3. The van der Waals surface area contributed by atoms with Crippen LogP contribution >= 0.6 is 13.5 Å². The van der Waals surface area contributed by atoms with Crippen LogP contribution in [0, 0.1) is 0 Å². The minimum atomic E-state index is -0.999. The molecular formula is C35H41N3O6S. The highest BCUT2D eigenvalue weighted by molar-refractivity contribution is 7.59. The van der Waals surface area contributed by atoms with Gasteiger partial charge < -0.3 is 25.0 Å². The SMILES string of the molecule is COC(=O)CCNC(=O)[C@@]1(c2ccccc2)CC[C@H](C(=O)N2CCC(NC(=O)c3ccccc3OC)CC2)c2ccccc21.S. The quantitative estimate of drug-likeness (QED) is 0.345. The molecule has 10 heteroatoms. The Balaban J connectivity index is 0.00000461. The molecule has 1 fully saturated rings. The minimum Gasteiger partial charge on any atom is -0.496 e. The normalized spacial score (nSPS) is 19.3. The lowest BCUT2D eigenvalue weighted by molar-refractivity contribution is -0.140. The number of para-hydroxylation sites is 1. The fourth-order valence-corrected chi connectivity index (χ4v) is 6.58. The van der Waals surface area contributed by atoms with Crippen LogP contribution in [0.2, 0.25) is 0 Å². The summed E-state index contributed by atoms with van der Waals surface area (Å²) >= 11 is 0. The average molecular weight is 632 g/mol. The third-order valence-corrected chi connectivity index (χ3v) is 8.89. The molecule has 1 aliphatic carbocycles. The molecule has 45 heavy (non-hydrogen) atoms. The molecule has 3 amide bonds. The van der Waals surface area contributed by atoms with Gasteiger partial charge in [0, 0.05) is 25.7 Å². The van der Waals surface area contributed by atoms with E-state index in [-0.39, 0.29) is 56.1 Å². The topological polar surface area (TPSA) is 114 Å². The van der Waals surface area contributed by atoms with E-state index in [1.807, 2.05) is 65.6 Å². The van der Waals surface area contributed by atoms with E-state index in [0.717, 1.165) is 16.7 Å². The van der Waals surface area contributed by atoms with E-state index in [9.17, 15) is 19.2 Å². The molecule has 238 valence electrons. The van der Waals surface area contributed by atoms with Crippen molar-refractivity contribution in [3.63, 3.8) is 0 Å². The number of rotatable bonds is 9. The molecule has 2 atom stereocenters. The van der Waals surface area contributed by atoms with Gasteiger partial charge in [0.05, 0.1) is 37.5 Å². The summed E-state index contributed by atoms with van der Waals surface area (Å²) in [4.78, 5) is 54.5. The van der Waals surface area contributed by atoms with Gasteiger partial charge in [-0.15, -0.1) is 0 Å². The highest BCUT2D eigenvalue weighted by Gasteiger charge is 2.48. The summed E-state index contributed by atoms with van der Waals surface area (Å²) in [5, 5.41) is 6.07. The Labute approximate surface area is 271 Å². The van der Waals surface area contributed by atoms with Crippen molar-refractivity contribution in [2.24, 2.45) is 0 Å². The second-order valence-electron chi connectivity index (χ2n) is 11.3. The van der Waals surface area contributed by atoms with Gasteiger partial charge in [0.15, 0.2) is 0 Å². The van der Waals surface area contributed by atoms with Crippen molar-refractivity contribution in [3.05, 3.63) is 101 Å². The highest BCUT2D eigenvalue weighted by Crippen LogP contribution is 2.48. The number of hydrogen-bond acceptors (Lipinski definition) is 6. The third kappa shape index (κ3) is 7.01. The van der Waals surface area contributed by atoms with Crippen molar-refractivity contribution in [1.82, 2.24) is 15.5 Å². The number of nitrogens with one attached hydrogen (secondary N) is 2. The molecule has 1 saturated heterocycles. The maximum absolute atomic E-state index is 14.0. The molecule has 3 aromatic carbocycles. The third-order valence-electron chi connectivity index (χ3n) is 8.89. The van der Waals surface area contributed by atoms with Crippen LogP contribution in [0.15, 0.2) is 78.9 Å². The number of fused-ring (bicyclic) bond motifs is 1. The average Bonchev–Trinajstić information content (AvgIpc) is 3.08. The first-order chi connectivity index (χ1) is 21.4. The maximum atomic E-state index is 14.0. The Morgan fingerprint density at radius 2 is 1.53 bits per heavy atom. The lowest BCUT2D eigenvalue weighted by atomic mass is 9.62. The number of methoxy groups -OCH3 is 2. The summed E-state index contributed by atoms with van der Waals surface area (Å²) < 4.78 is 10.1. The van der Waals surface area contributed by atoms with E-state index in [0.29, 0.717) is 50.1 Å². The van der Waals surface area contributed by atoms with Gasteiger partial charge in [-0.2, -0.15) is 13.5 Å². The first-order valence-electron chi connectivity index (χ1n) is 15.1. The molecule has 0 radical (unpaired) electrons. The maximum Gasteiger partial charge on any atom is 0.307 e. The van der Waals surface area contributed by atoms with E-state index >= 15 is 0 Å². The molecule has 5 rings (SSSR count). The number of piperidine rings is 1. The summed E-state index contributed by atoms with van der Waals surface area (Å²) in [7, 11) is 2.87. The zero-order valence-corrected chi connectivity index (χ0v) is 26.7. The first-order valence-corrected chi connectivity index (χ1v) is 15.1. The number of hydrogen-bond donors (Lipinski definition) is 2. The van der Waals surface area contributed by atoms with Crippen LogP contribution in [-0.2, 0) is 24.5 Å². The van der Waals surface area contributed by atoms with Crippen molar-refractivity contribution < 1.29 is 28.7 Å². The van der Waals surface area contributed by atoms with E-state index in [2.05, 4.69) is 10.6 Å². The van der Waals surface area contributed by atoms with E-state index < -0.39 is 11.4 Å². The molecule has 1 heterocycles. The van der Waals surface area contributed by atoms with E-state index in [4.69, 9.17) is 9.47 Å². The number of carbonyl (C=O) groups excluding carboxylic acids is 4. The molecule has 0 saturated carbocycles. The van der Waals surface area contributed by atoms with Crippen molar-refractivity contribution in [1.29, 1.82) is 0 Å². The van der Waals surface area contributed by atoms with Gasteiger partial charge in [0.2, 0.25) is 11.8 Å². The van der Waals surface area contributed by atoms with Crippen molar-refractivity contribution in [3.8, 4) is 5.75 Å². The van der Waals surface area contributed by atoms with Crippen molar-refractivity contribution in [2.75, 3.05) is 33.9 Å². The smallest absolute Gasteiger partial charge is 0.307 e. The van der Waals surface area contributed by atoms with Crippen LogP contribution < -0.4 is 15.4 Å². The Morgan fingerprint density at radius 3 is 2.24 bits per heavy atom. The van der Waals surface area contributed by atoms with Crippen LogP contribution in [0.3, 0.4) is 0 Å². The molecule has 0 aromatic heterocycles. The largest absolute Gasteiger partial charge is 0.496 e. The molecule has 0 bridgehead atoms. The molecule has 1 aliphatic heterocycles. The zero-order chi connectivity index (χ0) is 31.1. The Morgan fingerprint density at radius 1 is 0.867 bits per heavy atom. The minimum absolute atomic E-state index is 0. The summed E-state index contributed by atoms with van der Waals surface area (Å²) in [6, 6.07) is 24.4. The van der Waals surface area contributed by atoms with Crippen LogP contribution in [0.5, 0.6) is 5.75 Å². The summed E-state index contributed by atoms with van der Waals surface area (Å²) in [5.41, 5.74) is 2.00. The number of nitrogens with zero attached hydrogens (tertiary/aromatic N) is 1. The fourth-order valence-electron chi connectivity index (χ4n) is 6.58. The van der Waals surface area contributed by atoms with Gasteiger partial charge in [-0.3, -0.25) is 19.2 Å². The number of likely N-dealkylation sites (tertiary alicyclic amines) is 1. The van der Waals surface area contributed by atoms with Gasteiger partial charge in [-0.1, -0.05) is 66.7 Å². The molecule has 2 aliphatic rings. The van der Waals surface area contributed by atoms with E-state index in [1.165, 1.54) is 7.11 Å². The molecule has 2 N–H and O–H groups in total. The van der Waals surface area contributed by atoms with E-state index in [1.54, 1.807) is 25.3 Å². The number of esters is 1. The monoisotopic (exact) mass is 631 g/mol. The Bertz CT molecular complexity index is 1510. The predicted octanol–water partition coefficient (Wildman–Crippen LogP) is 4.07. The first kappa shape index (κ1) is 33.6. The Hall–Kier alpha value is -4.31. The summed E-state index contributed by atoms with van der Waals surface area (Å²) in [5.74, 6) is -0.590. The van der Waals surface area contributed by atoms with Crippen LogP contribution in [0.4, 0.5) is 0 Å². The number of amides is 3. The summed E-state index contributed by atoms with van der Waals surface area (Å²) in [6.07, 6.45) is 2.32. The Kier molecular flexibility index (Phi) is 11.3. The molecule has 3 aromatic rings. The van der Waals surface area contributed by atoms with Crippen LogP contribution in [0.25, 0.3) is 0 Å². The predicted molar refractivity (Wildman–Crippen MR) is 176 cm³/mol. The number of carbonyl (C=O) groups is 4. The lowest BCUT2D eigenvalue weighted by Crippen LogP contribution is -2.51. The van der Waals surface area contributed by atoms with Crippen molar-refractivity contribution in [2.45, 2.75) is 49.5 Å². The molecule has 9 nitrogen and oxygen atoms in total. The van der Waals surface area contributed by atoms with Gasteiger partial charge in [0.1, 0.15) is 5.75 Å². The van der Waals surface area contributed by atoms with Gasteiger partial charge in [-0.25, -0.2) is 0 Å². The van der Waals surface area contributed by atoms with Gasteiger partial charge in [-0.05, 0) is 54.5 Å². The van der Waals surface area contributed by atoms with Gasteiger partial charge in [0.25, 0.3) is 5.91 Å². The van der Waals surface area contributed by atoms with Crippen molar-refractivity contribution >= 4 is 37.2 Å². The second kappa shape index (κ2) is 15.1. The lowest BCUT2D eigenvalue weighted by Gasteiger charge is -2.42. The van der Waals surface area contributed by atoms with Gasteiger partial charge >= 0.3 is 5.97 Å². The molecule has 0 spiro atoms.